The van der Waals surface area contributed by atoms with Crippen LogP contribution in [0.15, 0.2) is 54.6 Å². The van der Waals surface area contributed by atoms with Crippen LogP contribution in [0.2, 0.25) is 10.0 Å². The lowest BCUT2D eigenvalue weighted by molar-refractivity contribution is -0.139. The Morgan fingerprint density at radius 2 is 1.83 bits per heavy atom. The lowest BCUT2D eigenvalue weighted by Crippen LogP contribution is -2.51. The van der Waals surface area contributed by atoms with Gasteiger partial charge in [0.1, 0.15) is 12.6 Å². The standard InChI is InChI=1S/C27H27Cl2N3O3/c1-3-4-13-30-26(34)17(2)31(15-19-11-12-20(28)14-22(19)29)24(33)16-32-23-10-6-8-18-7-5-9-21(25(18)23)27(32)35/h5-12,14,17H,3-4,13,15-16H2,1-2H3,(H,30,34)/t17-/m0/s1. The zero-order valence-electron chi connectivity index (χ0n) is 19.7. The van der Waals surface area contributed by atoms with Gasteiger partial charge in [-0.25, -0.2) is 0 Å². The Bertz CT molecular complexity index is 1290. The van der Waals surface area contributed by atoms with Gasteiger partial charge in [0.2, 0.25) is 11.8 Å². The Morgan fingerprint density at radius 1 is 1.09 bits per heavy atom. The van der Waals surface area contributed by atoms with Gasteiger partial charge in [-0.1, -0.05) is 66.9 Å². The normalized spacial score (nSPS) is 13.3. The van der Waals surface area contributed by atoms with E-state index in [9.17, 15) is 14.4 Å². The van der Waals surface area contributed by atoms with Gasteiger partial charge in [-0.15, -0.1) is 0 Å². The van der Waals surface area contributed by atoms with Gasteiger partial charge >= 0.3 is 0 Å². The Morgan fingerprint density at radius 3 is 2.54 bits per heavy atom. The van der Waals surface area contributed by atoms with Gasteiger partial charge in [0.25, 0.3) is 5.91 Å². The highest BCUT2D eigenvalue weighted by Gasteiger charge is 2.34. The topological polar surface area (TPSA) is 69.7 Å². The third-order valence-corrected chi connectivity index (χ3v) is 6.88. The van der Waals surface area contributed by atoms with Crippen LogP contribution in [-0.2, 0) is 16.1 Å². The molecule has 0 saturated carbocycles. The molecule has 0 bridgehead atoms. The summed E-state index contributed by atoms with van der Waals surface area (Å²) >= 11 is 12.4. The van der Waals surface area contributed by atoms with Crippen LogP contribution in [0.3, 0.4) is 0 Å². The summed E-state index contributed by atoms with van der Waals surface area (Å²) in [5, 5.41) is 5.56. The Kier molecular flexibility index (Phi) is 7.63. The molecule has 6 nitrogen and oxygen atoms in total. The van der Waals surface area contributed by atoms with E-state index in [1.165, 1.54) is 9.80 Å². The first kappa shape index (κ1) is 25.0. The zero-order valence-corrected chi connectivity index (χ0v) is 21.2. The van der Waals surface area contributed by atoms with Crippen molar-refractivity contribution in [3.8, 4) is 0 Å². The SMILES string of the molecule is CCCCNC(=O)[C@H](C)N(Cc1ccc(Cl)cc1Cl)C(=O)CN1C(=O)c2cccc3cccc1c23. The van der Waals surface area contributed by atoms with Gasteiger partial charge in [-0.2, -0.15) is 0 Å². The maximum Gasteiger partial charge on any atom is 0.259 e. The van der Waals surface area contributed by atoms with E-state index < -0.39 is 6.04 Å². The molecule has 3 amide bonds. The molecule has 1 aliphatic heterocycles. The number of hydrogen-bond donors (Lipinski definition) is 1. The third kappa shape index (κ3) is 5.14. The fraction of sp³-hybridized carbons (Fsp3) is 0.296. The average Bonchev–Trinajstić information content (AvgIpc) is 3.11. The summed E-state index contributed by atoms with van der Waals surface area (Å²) in [4.78, 5) is 42.7. The second-order valence-corrected chi connectivity index (χ2v) is 9.49. The quantitative estimate of drug-likeness (QED) is 0.388. The molecule has 0 unspecified atom stereocenters. The van der Waals surface area contributed by atoms with E-state index in [1.807, 2.05) is 37.3 Å². The first-order chi connectivity index (χ1) is 16.8. The molecule has 182 valence electrons. The summed E-state index contributed by atoms with van der Waals surface area (Å²) in [5.74, 6) is -0.836. The Labute approximate surface area is 214 Å². The van der Waals surface area contributed by atoms with Crippen LogP contribution >= 0.6 is 23.2 Å². The molecule has 3 aromatic carbocycles. The van der Waals surface area contributed by atoms with E-state index in [4.69, 9.17) is 23.2 Å². The van der Waals surface area contributed by atoms with E-state index >= 15 is 0 Å². The first-order valence-electron chi connectivity index (χ1n) is 11.7. The molecule has 0 fully saturated rings. The number of nitrogens with zero attached hydrogens (tertiary/aromatic N) is 2. The number of unbranched alkanes of at least 4 members (excludes halogenated alkanes) is 1. The van der Waals surface area contributed by atoms with E-state index in [0.717, 1.165) is 23.6 Å². The fourth-order valence-corrected chi connectivity index (χ4v) is 4.78. The molecule has 0 aromatic heterocycles. The first-order valence-corrected chi connectivity index (χ1v) is 12.4. The third-order valence-electron chi connectivity index (χ3n) is 6.30. The minimum Gasteiger partial charge on any atom is -0.354 e. The lowest BCUT2D eigenvalue weighted by atomic mass is 10.1. The average molecular weight is 512 g/mol. The maximum absolute atomic E-state index is 13.7. The number of hydrogen-bond acceptors (Lipinski definition) is 3. The number of halogens is 2. The lowest BCUT2D eigenvalue weighted by Gasteiger charge is -2.31. The van der Waals surface area contributed by atoms with E-state index in [2.05, 4.69) is 5.32 Å². The molecule has 3 aromatic rings. The molecule has 0 aliphatic carbocycles. The highest BCUT2D eigenvalue weighted by atomic mass is 35.5. The Balaban J connectivity index is 1.61. The molecule has 8 heteroatoms. The van der Waals surface area contributed by atoms with E-state index in [0.29, 0.717) is 33.4 Å². The van der Waals surface area contributed by atoms with Crippen LogP contribution in [-0.4, -0.2) is 41.8 Å². The Hall–Kier alpha value is -3.09. The van der Waals surface area contributed by atoms with Crippen molar-refractivity contribution in [2.45, 2.75) is 39.3 Å². The van der Waals surface area contributed by atoms with Crippen LogP contribution in [0.5, 0.6) is 0 Å². The summed E-state index contributed by atoms with van der Waals surface area (Å²) in [5.41, 5.74) is 1.93. The van der Waals surface area contributed by atoms with Gasteiger partial charge in [0.15, 0.2) is 0 Å². The number of anilines is 1. The van der Waals surface area contributed by atoms with Crippen molar-refractivity contribution < 1.29 is 14.4 Å². The maximum atomic E-state index is 13.7. The highest BCUT2D eigenvalue weighted by molar-refractivity contribution is 6.35. The van der Waals surface area contributed by atoms with Gasteiger partial charge in [0.05, 0.1) is 5.69 Å². The molecule has 0 spiro atoms. The molecule has 0 radical (unpaired) electrons. The van der Waals surface area contributed by atoms with Crippen molar-refractivity contribution in [3.05, 3.63) is 75.8 Å². The molecule has 1 aliphatic rings. The molecule has 1 heterocycles. The van der Waals surface area contributed by atoms with Crippen molar-refractivity contribution in [1.82, 2.24) is 10.2 Å². The minimum atomic E-state index is -0.762. The number of carbonyl (C=O) groups is 3. The van der Waals surface area contributed by atoms with Crippen LogP contribution < -0.4 is 10.2 Å². The molecule has 35 heavy (non-hydrogen) atoms. The monoisotopic (exact) mass is 511 g/mol. The van der Waals surface area contributed by atoms with Crippen LogP contribution in [0.1, 0.15) is 42.6 Å². The minimum absolute atomic E-state index is 0.108. The van der Waals surface area contributed by atoms with Gasteiger partial charge < -0.3 is 10.2 Å². The molecule has 4 rings (SSSR count). The molecule has 0 saturated heterocycles. The fourth-order valence-electron chi connectivity index (χ4n) is 4.31. The largest absolute Gasteiger partial charge is 0.354 e. The van der Waals surface area contributed by atoms with E-state index in [1.54, 1.807) is 31.2 Å². The molecule has 1 N–H and O–H groups in total. The predicted octanol–water partition coefficient (Wildman–Crippen LogP) is 5.44. The van der Waals surface area contributed by atoms with Crippen molar-refractivity contribution in [2.24, 2.45) is 0 Å². The summed E-state index contributed by atoms with van der Waals surface area (Å²) in [6, 6.07) is 15.5. The summed E-state index contributed by atoms with van der Waals surface area (Å²) in [6.45, 7) is 4.18. The van der Waals surface area contributed by atoms with Crippen molar-refractivity contribution >= 4 is 57.4 Å². The summed E-state index contributed by atoms with van der Waals surface area (Å²) in [6.07, 6.45) is 1.79. The van der Waals surface area contributed by atoms with Crippen molar-refractivity contribution in [2.75, 3.05) is 18.0 Å². The number of carbonyl (C=O) groups excluding carboxylic acids is 3. The summed E-state index contributed by atoms with van der Waals surface area (Å²) in [7, 11) is 0. The van der Waals surface area contributed by atoms with Gasteiger partial charge in [0, 0.05) is 34.1 Å². The number of amides is 3. The molecular formula is C27H27Cl2N3O3. The van der Waals surface area contributed by atoms with Crippen LogP contribution in [0.25, 0.3) is 10.8 Å². The van der Waals surface area contributed by atoms with Gasteiger partial charge in [-0.3, -0.25) is 19.3 Å². The van der Waals surface area contributed by atoms with Crippen molar-refractivity contribution in [1.29, 1.82) is 0 Å². The zero-order chi connectivity index (χ0) is 25.1. The van der Waals surface area contributed by atoms with Gasteiger partial charge in [-0.05, 0) is 48.6 Å². The second kappa shape index (κ2) is 10.7. The molecule has 1 atom stereocenters. The smallest absolute Gasteiger partial charge is 0.259 e. The number of nitrogens with one attached hydrogen (secondary N) is 1. The van der Waals surface area contributed by atoms with Crippen LogP contribution in [0.4, 0.5) is 5.69 Å². The number of benzene rings is 3. The molecular weight excluding hydrogens is 485 g/mol. The predicted molar refractivity (Wildman–Crippen MR) is 140 cm³/mol. The van der Waals surface area contributed by atoms with E-state index in [-0.39, 0.29) is 30.8 Å². The second-order valence-electron chi connectivity index (χ2n) is 8.65. The number of rotatable bonds is 9. The highest BCUT2D eigenvalue weighted by Crippen LogP contribution is 2.37. The van der Waals surface area contributed by atoms with Crippen molar-refractivity contribution in [3.63, 3.8) is 0 Å². The van der Waals surface area contributed by atoms with Crippen LogP contribution in [0, 0.1) is 0 Å². The summed E-state index contributed by atoms with van der Waals surface area (Å²) < 4.78 is 0.